The van der Waals surface area contributed by atoms with E-state index < -0.39 is 0 Å². The number of benzene rings is 1. The lowest BCUT2D eigenvalue weighted by Gasteiger charge is -2.04. The van der Waals surface area contributed by atoms with E-state index in [4.69, 9.17) is 5.26 Å². The van der Waals surface area contributed by atoms with Gasteiger partial charge in [0.15, 0.2) is 0 Å². The Hall–Kier alpha value is -2.67. The first-order valence-electron chi connectivity index (χ1n) is 5.89. The average molecular weight is 251 g/mol. The molecular formula is C15H13N3O. The third kappa shape index (κ3) is 3.65. The molecule has 0 saturated carbocycles. The highest BCUT2D eigenvalue weighted by atomic mass is 16.1. The van der Waals surface area contributed by atoms with Crippen molar-refractivity contribution in [2.45, 2.75) is 13.3 Å². The van der Waals surface area contributed by atoms with E-state index in [0.717, 1.165) is 11.1 Å². The number of nitrogens with one attached hydrogen (secondary N) is 1. The first kappa shape index (κ1) is 12.8. The summed E-state index contributed by atoms with van der Waals surface area (Å²) in [7, 11) is 0. The third-order valence-electron chi connectivity index (χ3n) is 2.63. The molecule has 0 aliphatic carbocycles. The van der Waals surface area contributed by atoms with Gasteiger partial charge in [0.05, 0.1) is 18.1 Å². The van der Waals surface area contributed by atoms with Crippen molar-refractivity contribution in [1.29, 1.82) is 5.26 Å². The topological polar surface area (TPSA) is 65.8 Å². The number of amides is 1. The molecule has 1 N–H and O–H groups in total. The van der Waals surface area contributed by atoms with Crippen LogP contribution in [0.25, 0.3) is 0 Å². The molecular weight excluding hydrogens is 238 g/mol. The van der Waals surface area contributed by atoms with E-state index in [2.05, 4.69) is 10.3 Å². The molecule has 0 fully saturated rings. The fourth-order valence-corrected chi connectivity index (χ4v) is 1.61. The first-order valence-corrected chi connectivity index (χ1v) is 5.89. The molecule has 1 aromatic heterocycles. The summed E-state index contributed by atoms with van der Waals surface area (Å²) in [6.07, 6.45) is 1.97. The van der Waals surface area contributed by atoms with Crippen molar-refractivity contribution in [2.24, 2.45) is 0 Å². The van der Waals surface area contributed by atoms with E-state index in [0.29, 0.717) is 11.4 Å². The van der Waals surface area contributed by atoms with Gasteiger partial charge in [0.25, 0.3) is 0 Å². The van der Waals surface area contributed by atoms with Crippen LogP contribution >= 0.6 is 0 Å². The second-order valence-corrected chi connectivity index (χ2v) is 4.25. The molecule has 1 amide bonds. The number of rotatable bonds is 3. The zero-order chi connectivity index (χ0) is 13.7. The minimum atomic E-state index is -0.124. The number of nitriles is 1. The van der Waals surface area contributed by atoms with Crippen molar-refractivity contribution in [2.75, 3.05) is 5.32 Å². The molecule has 4 heteroatoms. The quantitative estimate of drug-likeness (QED) is 0.911. The molecule has 0 saturated heterocycles. The maximum atomic E-state index is 11.8. The van der Waals surface area contributed by atoms with Crippen molar-refractivity contribution in [3.05, 3.63) is 59.3 Å². The van der Waals surface area contributed by atoms with Crippen LogP contribution in [-0.4, -0.2) is 10.9 Å². The summed E-state index contributed by atoms with van der Waals surface area (Å²) in [5.74, 6) is 0.422. The summed E-state index contributed by atoms with van der Waals surface area (Å²) in [5, 5.41) is 11.4. The van der Waals surface area contributed by atoms with E-state index in [-0.39, 0.29) is 12.3 Å². The second kappa shape index (κ2) is 5.78. The van der Waals surface area contributed by atoms with Crippen molar-refractivity contribution in [1.82, 2.24) is 4.98 Å². The SMILES string of the molecule is Cc1ccc(NC(=O)Cc2ccc(C#N)cc2)nc1. The van der Waals surface area contributed by atoms with Gasteiger partial charge in [-0.15, -0.1) is 0 Å². The van der Waals surface area contributed by atoms with Crippen LogP contribution in [0.1, 0.15) is 16.7 Å². The van der Waals surface area contributed by atoms with Crippen LogP contribution in [0.5, 0.6) is 0 Å². The molecule has 0 aliphatic rings. The number of pyridine rings is 1. The molecule has 0 bridgehead atoms. The van der Waals surface area contributed by atoms with Crippen LogP contribution in [-0.2, 0) is 11.2 Å². The van der Waals surface area contributed by atoms with Gasteiger partial charge in [-0.05, 0) is 36.2 Å². The Morgan fingerprint density at radius 3 is 2.58 bits per heavy atom. The summed E-state index contributed by atoms with van der Waals surface area (Å²) in [5.41, 5.74) is 2.50. The minimum Gasteiger partial charge on any atom is -0.310 e. The van der Waals surface area contributed by atoms with E-state index >= 15 is 0 Å². The predicted octanol–water partition coefficient (Wildman–Crippen LogP) is 2.44. The molecule has 0 atom stereocenters. The maximum Gasteiger partial charge on any atom is 0.229 e. The minimum absolute atomic E-state index is 0.124. The molecule has 0 spiro atoms. The van der Waals surface area contributed by atoms with Gasteiger partial charge in [0.2, 0.25) is 5.91 Å². The number of aromatic nitrogens is 1. The summed E-state index contributed by atoms with van der Waals surface area (Å²) >= 11 is 0. The highest BCUT2D eigenvalue weighted by Gasteiger charge is 2.04. The number of aryl methyl sites for hydroxylation is 1. The van der Waals surface area contributed by atoms with Gasteiger partial charge in [-0.25, -0.2) is 4.98 Å². The first-order chi connectivity index (χ1) is 9.17. The second-order valence-electron chi connectivity index (χ2n) is 4.25. The van der Waals surface area contributed by atoms with Crippen LogP contribution in [0.2, 0.25) is 0 Å². The number of anilines is 1. The standard InChI is InChI=1S/C15H13N3O/c1-11-2-7-14(17-10-11)18-15(19)8-12-3-5-13(9-16)6-4-12/h2-7,10H,8H2,1H3,(H,17,18,19). The van der Waals surface area contributed by atoms with Crippen molar-refractivity contribution in [3.63, 3.8) is 0 Å². The highest BCUT2D eigenvalue weighted by molar-refractivity contribution is 5.91. The number of carbonyl (C=O) groups is 1. The van der Waals surface area contributed by atoms with Crippen molar-refractivity contribution in [3.8, 4) is 6.07 Å². The molecule has 0 unspecified atom stereocenters. The number of carbonyl (C=O) groups excluding carboxylic acids is 1. The van der Waals surface area contributed by atoms with Gasteiger partial charge in [-0.2, -0.15) is 5.26 Å². The summed E-state index contributed by atoms with van der Waals surface area (Å²) < 4.78 is 0. The van der Waals surface area contributed by atoms with E-state index in [1.165, 1.54) is 0 Å². The van der Waals surface area contributed by atoms with Crippen LogP contribution in [0.15, 0.2) is 42.6 Å². The lowest BCUT2D eigenvalue weighted by atomic mass is 10.1. The van der Waals surface area contributed by atoms with Gasteiger partial charge in [-0.1, -0.05) is 18.2 Å². The third-order valence-corrected chi connectivity index (χ3v) is 2.63. The molecule has 2 rings (SSSR count). The smallest absolute Gasteiger partial charge is 0.229 e. The Bertz CT molecular complexity index is 609. The summed E-state index contributed by atoms with van der Waals surface area (Å²) in [6.45, 7) is 1.94. The normalized spacial score (nSPS) is 9.68. The fraction of sp³-hybridized carbons (Fsp3) is 0.133. The van der Waals surface area contributed by atoms with Gasteiger partial charge in [0.1, 0.15) is 5.82 Å². The molecule has 94 valence electrons. The molecule has 0 radical (unpaired) electrons. The zero-order valence-corrected chi connectivity index (χ0v) is 10.6. The highest BCUT2D eigenvalue weighted by Crippen LogP contribution is 2.07. The van der Waals surface area contributed by atoms with Crippen LogP contribution in [0.4, 0.5) is 5.82 Å². The zero-order valence-electron chi connectivity index (χ0n) is 10.6. The Labute approximate surface area is 111 Å². The van der Waals surface area contributed by atoms with Crippen LogP contribution < -0.4 is 5.32 Å². The molecule has 1 aromatic carbocycles. The van der Waals surface area contributed by atoms with Gasteiger partial charge >= 0.3 is 0 Å². The monoisotopic (exact) mass is 251 g/mol. The van der Waals surface area contributed by atoms with Gasteiger partial charge < -0.3 is 5.32 Å². The number of hydrogen-bond donors (Lipinski definition) is 1. The predicted molar refractivity (Wildman–Crippen MR) is 72.5 cm³/mol. The Balaban J connectivity index is 1.97. The molecule has 1 heterocycles. The average Bonchev–Trinajstić information content (AvgIpc) is 2.42. The Morgan fingerprint density at radius 1 is 1.26 bits per heavy atom. The number of nitrogens with zero attached hydrogens (tertiary/aromatic N) is 2. The maximum absolute atomic E-state index is 11.8. The van der Waals surface area contributed by atoms with Crippen LogP contribution in [0.3, 0.4) is 0 Å². The van der Waals surface area contributed by atoms with E-state index in [1.807, 2.05) is 19.1 Å². The molecule has 19 heavy (non-hydrogen) atoms. The van der Waals surface area contributed by atoms with E-state index in [9.17, 15) is 4.79 Å². The molecule has 0 aliphatic heterocycles. The number of hydrogen-bond acceptors (Lipinski definition) is 3. The fourth-order valence-electron chi connectivity index (χ4n) is 1.61. The van der Waals surface area contributed by atoms with Gasteiger partial charge in [0, 0.05) is 6.20 Å². The van der Waals surface area contributed by atoms with Crippen molar-refractivity contribution < 1.29 is 4.79 Å². The molecule has 4 nitrogen and oxygen atoms in total. The lowest BCUT2D eigenvalue weighted by Crippen LogP contribution is -2.15. The summed E-state index contributed by atoms with van der Waals surface area (Å²) in [6, 6.07) is 12.7. The lowest BCUT2D eigenvalue weighted by molar-refractivity contribution is -0.115. The van der Waals surface area contributed by atoms with E-state index in [1.54, 1.807) is 36.5 Å². The Kier molecular flexibility index (Phi) is 3.89. The molecule has 2 aromatic rings. The summed E-state index contributed by atoms with van der Waals surface area (Å²) in [4.78, 5) is 15.9. The van der Waals surface area contributed by atoms with Crippen LogP contribution in [0, 0.1) is 18.3 Å². The van der Waals surface area contributed by atoms with Crippen molar-refractivity contribution >= 4 is 11.7 Å². The van der Waals surface area contributed by atoms with Gasteiger partial charge in [-0.3, -0.25) is 4.79 Å². The Morgan fingerprint density at radius 2 is 2.00 bits per heavy atom. The largest absolute Gasteiger partial charge is 0.310 e.